The maximum atomic E-state index is 11.9. The summed E-state index contributed by atoms with van der Waals surface area (Å²) in [6.45, 7) is 1.55. The predicted molar refractivity (Wildman–Crippen MR) is 55.6 cm³/mol. The fourth-order valence-corrected chi connectivity index (χ4v) is 2.13. The van der Waals surface area contributed by atoms with Gasteiger partial charge in [0.05, 0.1) is 0 Å². The third-order valence-corrected chi connectivity index (χ3v) is 3.14. The normalized spacial score (nSPS) is 19.5. The number of rotatable bonds is 2. The molecule has 1 heterocycles. The van der Waals surface area contributed by atoms with E-state index in [1.54, 1.807) is 18.2 Å². The lowest BCUT2D eigenvalue weighted by Crippen LogP contribution is -2.26. The Morgan fingerprint density at radius 1 is 1.40 bits per heavy atom. The van der Waals surface area contributed by atoms with Crippen molar-refractivity contribution in [3.63, 3.8) is 0 Å². The summed E-state index contributed by atoms with van der Waals surface area (Å²) in [6.07, 6.45) is 2.51. The number of benzene rings is 1. The Kier molecular flexibility index (Phi) is 1.75. The zero-order valence-electron chi connectivity index (χ0n) is 8.44. The zero-order chi connectivity index (χ0) is 10.4. The SMILES string of the molecule is O=C1c2ccc(O)cc2CN1CC1CC1. The molecule has 0 atom stereocenters. The molecule has 15 heavy (non-hydrogen) atoms. The Morgan fingerprint density at radius 2 is 2.20 bits per heavy atom. The fourth-order valence-electron chi connectivity index (χ4n) is 2.13. The van der Waals surface area contributed by atoms with E-state index >= 15 is 0 Å². The van der Waals surface area contributed by atoms with Crippen molar-refractivity contribution in [2.45, 2.75) is 19.4 Å². The van der Waals surface area contributed by atoms with Crippen LogP contribution in [0.25, 0.3) is 0 Å². The van der Waals surface area contributed by atoms with E-state index in [0.29, 0.717) is 6.54 Å². The van der Waals surface area contributed by atoms with Crippen LogP contribution in [0.1, 0.15) is 28.8 Å². The van der Waals surface area contributed by atoms with E-state index in [-0.39, 0.29) is 11.7 Å². The number of aromatic hydroxyl groups is 1. The van der Waals surface area contributed by atoms with Crippen LogP contribution in [0.5, 0.6) is 5.75 Å². The molecule has 0 radical (unpaired) electrons. The summed E-state index contributed by atoms with van der Waals surface area (Å²) in [5, 5.41) is 9.33. The second-order valence-corrected chi connectivity index (χ2v) is 4.47. The van der Waals surface area contributed by atoms with E-state index < -0.39 is 0 Å². The lowest BCUT2D eigenvalue weighted by atomic mass is 10.1. The first-order chi connectivity index (χ1) is 7.24. The molecule has 3 nitrogen and oxygen atoms in total. The fraction of sp³-hybridized carbons (Fsp3) is 0.417. The molecule has 3 rings (SSSR count). The number of carbonyl (C=O) groups is 1. The van der Waals surface area contributed by atoms with Gasteiger partial charge in [-0.3, -0.25) is 4.79 Å². The van der Waals surface area contributed by atoms with Gasteiger partial charge in [0.2, 0.25) is 0 Å². The van der Waals surface area contributed by atoms with E-state index in [4.69, 9.17) is 0 Å². The number of phenols is 1. The molecule has 0 saturated heterocycles. The van der Waals surface area contributed by atoms with Gasteiger partial charge >= 0.3 is 0 Å². The molecule has 3 heteroatoms. The van der Waals surface area contributed by atoms with Crippen molar-refractivity contribution < 1.29 is 9.90 Å². The zero-order valence-corrected chi connectivity index (χ0v) is 8.44. The third kappa shape index (κ3) is 1.48. The van der Waals surface area contributed by atoms with Crippen LogP contribution in [-0.2, 0) is 6.54 Å². The molecule has 1 N–H and O–H groups in total. The van der Waals surface area contributed by atoms with Crippen molar-refractivity contribution >= 4 is 5.91 Å². The van der Waals surface area contributed by atoms with Gasteiger partial charge in [0.25, 0.3) is 5.91 Å². The van der Waals surface area contributed by atoms with Gasteiger partial charge in [-0.2, -0.15) is 0 Å². The first kappa shape index (κ1) is 8.77. The van der Waals surface area contributed by atoms with Gasteiger partial charge in [-0.25, -0.2) is 0 Å². The van der Waals surface area contributed by atoms with Crippen LogP contribution in [-0.4, -0.2) is 22.5 Å². The number of amides is 1. The highest BCUT2D eigenvalue weighted by molar-refractivity contribution is 5.98. The number of fused-ring (bicyclic) bond motifs is 1. The highest BCUT2D eigenvalue weighted by atomic mass is 16.3. The minimum Gasteiger partial charge on any atom is -0.508 e. The van der Waals surface area contributed by atoms with Gasteiger partial charge in [-0.15, -0.1) is 0 Å². The van der Waals surface area contributed by atoms with Crippen molar-refractivity contribution in [1.29, 1.82) is 0 Å². The first-order valence-corrected chi connectivity index (χ1v) is 5.35. The minimum absolute atomic E-state index is 0.122. The molecular weight excluding hydrogens is 190 g/mol. The molecule has 1 aromatic rings. The standard InChI is InChI=1S/C12H13NO2/c14-10-3-4-11-9(5-10)7-13(12(11)15)6-8-1-2-8/h3-5,8,14H,1-2,6-7H2. The quantitative estimate of drug-likeness (QED) is 0.795. The third-order valence-electron chi connectivity index (χ3n) is 3.14. The smallest absolute Gasteiger partial charge is 0.254 e. The highest BCUT2D eigenvalue weighted by Gasteiger charge is 2.32. The minimum atomic E-state index is 0.122. The maximum absolute atomic E-state index is 11.9. The molecule has 1 aliphatic carbocycles. The lowest BCUT2D eigenvalue weighted by Gasteiger charge is -2.14. The largest absolute Gasteiger partial charge is 0.508 e. The van der Waals surface area contributed by atoms with E-state index in [2.05, 4.69) is 0 Å². The van der Waals surface area contributed by atoms with Crippen LogP contribution in [0.4, 0.5) is 0 Å². The second kappa shape index (κ2) is 2.99. The maximum Gasteiger partial charge on any atom is 0.254 e. The Morgan fingerprint density at radius 3 is 2.93 bits per heavy atom. The summed E-state index contributed by atoms with van der Waals surface area (Å²) in [4.78, 5) is 13.8. The molecule has 78 valence electrons. The molecule has 0 spiro atoms. The molecule has 1 saturated carbocycles. The molecule has 1 aromatic carbocycles. The highest BCUT2D eigenvalue weighted by Crippen LogP contribution is 2.33. The summed E-state index contributed by atoms with van der Waals surface area (Å²) >= 11 is 0. The van der Waals surface area contributed by atoms with Crippen LogP contribution in [0.15, 0.2) is 18.2 Å². The van der Waals surface area contributed by atoms with Gasteiger partial charge in [0, 0.05) is 18.7 Å². The Hall–Kier alpha value is -1.51. The van der Waals surface area contributed by atoms with E-state index in [1.165, 1.54) is 12.8 Å². The molecule has 0 bridgehead atoms. The number of hydrogen-bond acceptors (Lipinski definition) is 2. The van der Waals surface area contributed by atoms with Gasteiger partial charge in [0.15, 0.2) is 0 Å². The van der Waals surface area contributed by atoms with Crippen LogP contribution >= 0.6 is 0 Å². The summed E-state index contributed by atoms with van der Waals surface area (Å²) in [7, 11) is 0. The second-order valence-electron chi connectivity index (χ2n) is 4.47. The summed E-state index contributed by atoms with van der Waals surface area (Å²) in [5.41, 5.74) is 1.72. The van der Waals surface area contributed by atoms with Crippen LogP contribution in [0, 0.1) is 5.92 Å². The number of hydrogen-bond donors (Lipinski definition) is 1. The average molecular weight is 203 g/mol. The Labute approximate surface area is 88.3 Å². The van der Waals surface area contributed by atoms with Crippen LogP contribution in [0.2, 0.25) is 0 Å². The van der Waals surface area contributed by atoms with Crippen LogP contribution in [0.3, 0.4) is 0 Å². The lowest BCUT2D eigenvalue weighted by molar-refractivity contribution is 0.0771. The van der Waals surface area contributed by atoms with Crippen molar-refractivity contribution in [2.24, 2.45) is 5.92 Å². The molecule has 1 amide bonds. The van der Waals surface area contributed by atoms with Crippen molar-refractivity contribution in [2.75, 3.05) is 6.54 Å². The van der Waals surface area contributed by atoms with Gasteiger partial charge in [-0.05, 0) is 42.5 Å². The van der Waals surface area contributed by atoms with Crippen molar-refractivity contribution in [3.05, 3.63) is 29.3 Å². The van der Waals surface area contributed by atoms with Crippen molar-refractivity contribution in [3.8, 4) is 5.75 Å². The van der Waals surface area contributed by atoms with Gasteiger partial charge in [-0.1, -0.05) is 0 Å². The predicted octanol–water partition coefficient (Wildman–Crippen LogP) is 1.76. The van der Waals surface area contributed by atoms with Crippen molar-refractivity contribution in [1.82, 2.24) is 4.90 Å². The van der Waals surface area contributed by atoms with E-state index in [9.17, 15) is 9.90 Å². The van der Waals surface area contributed by atoms with E-state index in [0.717, 1.165) is 23.6 Å². The molecule has 0 unspecified atom stereocenters. The van der Waals surface area contributed by atoms with E-state index in [1.807, 2.05) is 4.90 Å². The summed E-state index contributed by atoms with van der Waals surface area (Å²) in [6, 6.07) is 5.00. The van der Waals surface area contributed by atoms with Gasteiger partial charge < -0.3 is 10.0 Å². The first-order valence-electron chi connectivity index (χ1n) is 5.35. The Balaban J connectivity index is 1.87. The number of carbonyl (C=O) groups excluding carboxylic acids is 1. The number of phenolic OH excluding ortho intramolecular Hbond substituents is 1. The molecule has 1 fully saturated rings. The monoisotopic (exact) mass is 203 g/mol. The average Bonchev–Trinajstić information content (AvgIpc) is 2.95. The molecule has 0 aromatic heterocycles. The topological polar surface area (TPSA) is 40.5 Å². The molecular formula is C12H13NO2. The number of nitrogens with zero attached hydrogens (tertiary/aromatic N) is 1. The van der Waals surface area contributed by atoms with Crippen LogP contribution < -0.4 is 0 Å². The molecule has 2 aliphatic rings. The van der Waals surface area contributed by atoms with Gasteiger partial charge in [0.1, 0.15) is 5.75 Å². The summed E-state index contributed by atoms with van der Waals surface area (Å²) in [5.74, 6) is 1.09. The molecule has 1 aliphatic heterocycles. The Bertz CT molecular complexity index is 424. The summed E-state index contributed by atoms with van der Waals surface area (Å²) < 4.78 is 0.